The van der Waals surface area contributed by atoms with Gasteiger partial charge in [0.2, 0.25) is 0 Å². The second-order valence-electron chi connectivity index (χ2n) is 5.22. The Morgan fingerprint density at radius 1 is 1.37 bits per heavy atom. The molecule has 106 valence electrons. The van der Waals surface area contributed by atoms with Gasteiger partial charge in [-0.1, -0.05) is 44.7 Å². The fourth-order valence-corrected chi connectivity index (χ4v) is 2.14. The van der Waals surface area contributed by atoms with E-state index in [1.165, 1.54) is 19.3 Å². The van der Waals surface area contributed by atoms with Gasteiger partial charge in [0, 0.05) is 12.2 Å². The Balaban J connectivity index is 2.56. The number of nitrogen functional groups attached to an aromatic ring is 1. The van der Waals surface area contributed by atoms with Crippen molar-refractivity contribution in [3.8, 4) is 0 Å². The average Bonchev–Trinajstić information content (AvgIpc) is 2.41. The first-order valence-electron chi connectivity index (χ1n) is 7.22. The minimum atomic E-state index is -0.0591. The summed E-state index contributed by atoms with van der Waals surface area (Å²) >= 11 is 0. The van der Waals surface area contributed by atoms with Crippen LogP contribution in [-0.2, 0) is 0 Å². The van der Waals surface area contributed by atoms with Gasteiger partial charge in [-0.15, -0.1) is 0 Å². The molecule has 1 aromatic carbocycles. The van der Waals surface area contributed by atoms with Crippen LogP contribution in [0.2, 0.25) is 0 Å². The van der Waals surface area contributed by atoms with E-state index in [1.807, 2.05) is 19.1 Å². The standard InChI is InChI=1S/C16H26N2O/c1-4-6-7-13(5-2)11-18-16(19)14-10-12(3)8-9-15(14)17/h8-10,13H,4-7,11,17H2,1-3H3,(H,18,19). The molecular formula is C16H26N2O. The normalized spacial score (nSPS) is 12.2. The van der Waals surface area contributed by atoms with E-state index in [0.717, 1.165) is 18.5 Å². The summed E-state index contributed by atoms with van der Waals surface area (Å²) in [7, 11) is 0. The van der Waals surface area contributed by atoms with Gasteiger partial charge in [0.05, 0.1) is 5.56 Å². The first-order valence-corrected chi connectivity index (χ1v) is 7.22. The Bertz CT molecular complexity index is 415. The van der Waals surface area contributed by atoms with E-state index in [9.17, 15) is 4.79 Å². The van der Waals surface area contributed by atoms with E-state index < -0.39 is 0 Å². The van der Waals surface area contributed by atoms with Crippen LogP contribution in [0.4, 0.5) is 5.69 Å². The molecule has 1 amide bonds. The van der Waals surface area contributed by atoms with Crippen LogP contribution in [-0.4, -0.2) is 12.5 Å². The highest BCUT2D eigenvalue weighted by Gasteiger charge is 2.12. The summed E-state index contributed by atoms with van der Waals surface area (Å²) in [6.45, 7) is 7.07. The number of hydrogen-bond acceptors (Lipinski definition) is 2. The van der Waals surface area contributed by atoms with Crippen molar-refractivity contribution in [2.45, 2.75) is 46.5 Å². The van der Waals surface area contributed by atoms with Gasteiger partial charge < -0.3 is 11.1 Å². The van der Waals surface area contributed by atoms with Gasteiger partial charge in [-0.2, -0.15) is 0 Å². The van der Waals surface area contributed by atoms with E-state index in [0.29, 0.717) is 17.2 Å². The number of carbonyl (C=O) groups excluding carboxylic acids is 1. The molecule has 0 radical (unpaired) electrons. The lowest BCUT2D eigenvalue weighted by molar-refractivity contribution is 0.0946. The number of anilines is 1. The van der Waals surface area contributed by atoms with Crippen LogP contribution in [0.5, 0.6) is 0 Å². The number of carbonyl (C=O) groups is 1. The molecule has 0 bridgehead atoms. The fraction of sp³-hybridized carbons (Fsp3) is 0.562. The summed E-state index contributed by atoms with van der Waals surface area (Å²) in [5.74, 6) is 0.506. The van der Waals surface area contributed by atoms with Crippen molar-refractivity contribution in [2.24, 2.45) is 5.92 Å². The first kappa shape index (κ1) is 15.5. The molecule has 1 aromatic rings. The summed E-state index contributed by atoms with van der Waals surface area (Å²) < 4.78 is 0. The van der Waals surface area contributed by atoms with Crippen LogP contribution >= 0.6 is 0 Å². The topological polar surface area (TPSA) is 55.1 Å². The smallest absolute Gasteiger partial charge is 0.253 e. The van der Waals surface area contributed by atoms with E-state index in [1.54, 1.807) is 6.07 Å². The second kappa shape index (κ2) is 7.82. The molecule has 19 heavy (non-hydrogen) atoms. The molecule has 3 heteroatoms. The molecule has 0 spiro atoms. The predicted molar refractivity (Wildman–Crippen MR) is 81.2 cm³/mol. The zero-order valence-electron chi connectivity index (χ0n) is 12.3. The molecule has 0 aromatic heterocycles. The monoisotopic (exact) mass is 262 g/mol. The van der Waals surface area contributed by atoms with Crippen LogP contribution in [0, 0.1) is 12.8 Å². The summed E-state index contributed by atoms with van der Waals surface area (Å²) in [4.78, 5) is 12.1. The first-order chi connectivity index (χ1) is 9.08. The summed E-state index contributed by atoms with van der Waals surface area (Å²) in [5.41, 5.74) is 8.04. The third-order valence-electron chi connectivity index (χ3n) is 3.55. The number of amides is 1. The number of nitrogens with one attached hydrogen (secondary N) is 1. The third-order valence-corrected chi connectivity index (χ3v) is 3.55. The predicted octanol–water partition coefficient (Wildman–Crippen LogP) is 3.52. The molecule has 0 aliphatic heterocycles. The van der Waals surface area contributed by atoms with Gasteiger partial charge in [-0.25, -0.2) is 0 Å². The summed E-state index contributed by atoms with van der Waals surface area (Å²) in [6, 6.07) is 5.55. The van der Waals surface area contributed by atoms with Crippen LogP contribution in [0.3, 0.4) is 0 Å². The van der Waals surface area contributed by atoms with Gasteiger partial charge in [0.25, 0.3) is 5.91 Å². The van der Waals surface area contributed by atoms with E-state index >= 15 is 0 Å². The highest BCUT2D eigenvalue weighted by molar-refractivity contribution is 5.99. The highest BCUT2D eigenvalue weighted by Crippen LogP contribution is 2.15. The molecule has 0 saturated heterocycles. The van der Waals surface area contributed by atoms with E-state index in [2.05, 4.69) is 19.2 Å². The zero-order chi connectivity index (χ0) is 14.3. The van der Waals surface area contributed by atoms with Crippen molar-refractivity contribution in [3.05, 3.63) is 29.3 Å². The lowest BCUT2D eigenvalue weighted by Gasteiger charge is -2.16. The second-order valence-corrected chi connectivity index (χ2v) is 5.22. The molecule has 1 rings (SSSR count). The molecule has 3 nitrogen and oxygen atoms in total. The van der Waals surface area contributed by atoms with Crippen molar-refractivity contribution < 1.29 is 4.79 Å². The van der Waals surface area contributed by atoms with E-state index in [-0.39, 0.29) is 5.91 Å². The molecule has 0 heterocycles. The van der Waals surface area contributed by atoms with Crippen molar-refractivity contribution in [1.29, 1.82) is 0 Å². The molecular weight excluding hydrogens is 236 g/mol. The minimum absolute atomic E-state index is 0.0591. The molecule has 0 fully saturated rings. The van der Waals surface area contributed by atoms with Crippen molar-refractivity contribution in [2.75, 3.05) is 12.3 Å². The molecule has 0 aliphatic rings. The Morgan fingerprint density at radius 2 is 2.11 bits per heavy atom. The van der Waals surface area contributed by atoms with Crippen molar-refractivity contribution in [3.63, 3.8) is 0 Å². The van der Waals surface area contributed by atoms with Crippen LogP contribution in [0.25, 0.3) is 0 Å². The fourth-order valence-electron chi connectivity index (χ4n) is 2.14. The third kappa shape index (κ3) is 4.93. The lowest BCUT2D eigenvalue weighted by atomic mass is 9.99. The van der Waals surface area contributed by atoms with Gasteiger partial charge >= 0.3 is 0 Å². The molecule has 0 aliphatic carbocycles. The number of rotatable bonds is 7. The Kier molecular flexibility index (Phi) is 6.40. The van der Waals surface area contributed by atoms with Crippen molar-refractivity contribution in [1.82, 2.24) is 5.32 Å². The lowest BCUT2D eigenvalue weighted by Crippen LogP contribution is -2.29. The maximum absolute atomic E-state index is 12.1. The number of aryl methyl sites for hydroxylation is 1. The van der Waals surface area contributed by atoms with Crippen LogP contribution < -0.4 is 11.1 Å². The Morgan fingerprint density at radius 3 is 2.74 bits per heavy atom. The highest BCUT2D eigenvalue weighted by atomic mass is 16.1. The molecule has 0 saturated carbocycles. The van der Waals surface area contributed by atoms with Crippen LogP contribution in [0.1, 0.15) is 55.5 Å². The maximum atomic E-state index is 12.1. The summed E-state index contributed by atoms with van der Waals surface area (Å²) in [6.07, 6.45) is 4.70. The molecule has 1 unspecified atom stereocenters. The Hall–Kier alpha value is -1.51. The number of hydrogen-bond donors (Lipinski definition) is 2. The largest absolute Gasteiger partial charge is 0.398 e. The SMILES string of the molecule is CCCCC(CC)CNC(=O)c1cc(C)ccc1N. The number of benzene rings is 1. The maximum Gasteiger partial charge on any atom is 0.253 e. The average molecular weight is 262 g/mol. The van der Waals surface area contributed by atoms with Crippen LogP contribution in [0.15, 0.2) is 18.2 Å². The molecule has 1 atom stereocenters. The van der Waals surface area contributed by atoms with Gasteiger partial charge in [0.1, 0.15) is 0 Å². The van der Waals surface area contributed by atoms with Gasteiger partial charge in [0.15, 0.2) is 0 Å². The quantitative estimate of drug-likeness (QED) is 0.739. The summed E-state index contributed by atoms with van der Waals surface area (Å²) in [5, 5.41) is 3.01. The van der Waals surface area contributed by atoms with Crippen molar-refractivity contribution >= 4 is 11.6 Å². The van der Waals surface area contributed by atoms with E-state index in [4.69, 9.17) is 5.73 Å². The Labute approximate surface area is 116 Å². The number of unbranched alkanes of at least 4 members (excludes halogenated alkanes) is 1. The van der Waals surface area contributed by atoms with Gasteiger partial charge in [-0.3, -0.25) is 4.79 Å². The number of nitrogens with two attached hydrogens (primary N) is 1. The molecule has 3 N–H and O–H groups in total. The minimum Gasteiger partial charge on any atom is -0.398 e. The zero-order valence-corrected chi connectivity index (χ0v) is 12.3. The van der Waals surface area contributed by atoms with Gasteiger partial charge in [-0.05, 0) is 31.4 Å².